The first kappa shape index (κ1) is 20.3. The van der Waals surface area contributed by atoms with E-state index >= 15 is 0 Å². The smallest absolute Gasteiger partial charge is 0.190 e. The van der Waals surface area contributed by atoms with E-state index in [9.17, 15) is 0 Å². The predicted molar refractivity (Wildman–Crippen MR) is 90.0 cm³/mol. The lowest BCUT2D eigenvalue weighted by molar-refractivity contribution is 0.145. The summed E-state index contributed by atoms with van der Waals surface area (Å²) in [6.45, 7) is 10.0. The number of halogens is 1. The zero-order valence-electron chi connectivity index (χ0n) is 12.3. The lowest BCUT2D eigenvalue weighted by Gasteiger charge is -2.12. The third-order valence-corrected chi connectivity index (χ3v) is 2.44. The van der Waals surface area contributed by atoms with Crippen LogP contribution in [0, 0.1) is 5.92 Å². The van der Waals surface area contributed by atoms with Crippen LogP contribution in [0.5, 0.6) is 0 Å². The first-order valence-corrected chi connectivity index (χ1v) is 6.73. The van der Waals surface area contributed by atoms with E-state index in [1.165, 1.54) is 12.8 Å². The van der Waals surface area contributed by atoms with Gasteiger partial charge in [0.1, 0.15) is 0 Å². The van der Waals surface area contributed by atoms with Crippen LogP contribution >= 0.6 is 24.0 Å². The summed E-state index contributed by atoms with van der Waals surface area (Å²) in [6, 6.07) is 0. The molecule has 0 bridgehead atoms. The van der Waals surface area contributed by atoms with Gasteiger partial charge in [0.05, 0.1) is 0 Å². The number of hydrogen-bond acceptors (Lipinski definition) is 2. The number of hydrogen-bond donors (Lipinski definition) is 2. The van der Waals surface area contributed by atoms with Crippen molar-refractivity contribution in [3.8, 4) is 0 Å². The van der Waals surface area contributed by atoms with E-state index in [1.54, 1.807) is 7.05 Å². The molecule has 5 heteroatoms. The van der Waals surface area contributed by atoms with Crippen molar-refractivity contribution < 1.29 is 4.74 Å². The summed E-state index contributed by atoms with van der Waals surface area (Å²) in [5.74, 6) is 1.67. The minimum atomic E-state index is 0. The molecule has 2 N–H and O–H groups in total. The second kappa shape index (κ2) is 15.0. The van der Waals surface area contributed by atoms with Crippen molar-refractivity contribution in [3.05, 3.63) is 0 Å². The molecule has 0 aliphatic heterocycles. The summed E-state index contributed by atoms with van der Waals surface area (Å²) in [6.07, 6.45) is 3.46. The number of nitrogens with one attached hydrogen (secondary N) is 2. The Morgan fingerprint density at radius 1 is 1.17 bits per heavy atom. The number of rotatable bonds is 9. The summed E-state index contributed by atoms with van der Waals surface area (Å²) in [7, 11) is 1.81. The molecule has 0 atom stereocenters. The maximum Gasteiger partial charge on any atom is 0.190 e. The van der Waals surface area contributed by atoms with E-state index in [1.807, 2.05) is 6.92 Å². The lowest BCUT2D eigenvalue weighted by Crippen LogP contribution is -2.38. The molecular weight excluding hydrogens is 341 g/mol. The molecule has 18 heavy (non-hydrogen) atoms. The molecule has 4 nitrogen and oxygen atoms in total. The normalized spacial score (nSPS) is 11.3. The van der Waals surface area contributed by atoms with Crippen LogP contribution in [0.3, 0.4) is 0 Å². The Labute approximate surface area is 129 Å². The zero-order chi connectivity index (χ0) is 12.9. The van der Waals surface area contributed by atoms with E-state index in [2.05, 4.69) is 29.5 Å². The van der Waals surface area contributed by atoms with Gasteiger partial charge >= 0.3 is 0 Å². The molecule has 0 rings (SSSR count). The quantitative estimate of drug-likeness (QED) is 0.284. The fourth-order valence-electron chi connectivity index (χ4n) is 1.46. The maximum atomic E-state index is 5.27. The highest BCUT2D eigenvalue weighted by Crippen LogP contribution is 2.01. The van der Waals surface area contributed by atoms with Crippen molar-refractivity contribution in [3.63, 3.8) is 0 Å². The van der Waals surface area contributed by atoms with Crippen LogP contribution < -0.4 is 10.6 Å². The van der Waals surface area contributed by atoms with E-state index in [4.69, 9.17) is 4.74 Å². The third kappa shape index (κ3) is 14.0. The molecule has 0 aromatic rings. The van der Waals surface area contributed by atoms with Gasteiger partial charge in [0.25, 0.3) is 0 Å². The number of guanidine groups is 1. The first-order chi connectivity index (χ1) is 8.20. The zero-order valence-corrected chi connectivity index (χ0v) is 14.6. The highest BCUT2D eigenvalue weighted by molar-refractivity contribution is 14.0. The molecule has 0 amide bonds. The molecule has 0 aliphatic rings. The number of aliphatic imine (C=N–C) groups is 1. The van der Waals surface area contributed by atoms with Crippen LogP contribution in [-0.4, -0.2) is 39.3 Å². The standard InChI is InChI=1S/C13H29N3O.HI/c1-5-17-11-7-10-16-13(14-4)15-9-6-8-12(2)3;/h12H,5-11H2,1-4H3,(H2,14,15,16);1H. The van der Waals surface area contributed by atoms with Gasteiger partial charge in [0.2, 0.25) is 0 Å². The predicted octanol–water partition coefficient (Wildman–Crippen LogP) is 2.63. The average molecular weight is 371 g/mol. The van der Waals surface area contributed by atoms with E-state index in [-0.39, 0.29) is 24.0 Å². The topological polar surface area (TPSA) is 45.6 Å². The largest absolute Gasteiger partial charge is 0.382 e. The lowest BCUT2D eigenvalue weighted by atomic mass is 10.1. The third-order valence-electron chi connectivity index (χ3n) is 2.44. The average Bonchev–Trinajstić information content (AvgIpc) is 2.31. The van der Waals surface area contributed by atoms with Gasteiger partial charge in [-0.2, -0.15) is 0 Å². The van der Waals surface area contributed by atoms with Crippen LogP contribution in [0.1, 0.15) is 40.0 Å². The second-order valence-corrected chi connectivity index (χ2v) is 4.51. The Bertz CT molecular complexity index is 199. The molecule has 0 heterocycles. The maximum absolute atomic E-state index is 5.27. The van der Waals surface area contributed by atoms with Gasteiger partial charge in [-0.15, -0.1) is 24.0 Å². The molecule has 0 aliphatic carbocycles. The van der Waals surface area contributed by atoms with Gasteiger partial charge in [-0.05, 0) is 32.1 Å². The highest BCUT2D eigenvalue weighted by atomic mass is 127. The van der Waals surface area contributed by atoms with Crippen LogP contribution in [0.25, 0.3) is 0 Å². The summed E-state index contributed by atoms with van der Waals surface area (Å²) in [5, 5.41) is 6.59. The van der Waals surface area contributed by atoms with Crippen molar-refractivity contribution in [1.29, 1.82) is 0 Å². The Kier molecular flexibility index (Phi) is 16.9. The molecule has 0 aromatic carbocycles. The Hall–Kier alpha value is -0.0400. The van der Waals surface area contributed by atoms with Crippen LogP contribution in [-0.2, 0) is 4.74 Å². The highest BCUT2D eigenvalue weighted by Gasteiger charge is 1.97. The summed E-state index contributed by atoms with van der Waals surface area (Å²) in [5.41, 5.74) is 0. The molecule has 0 fully saturated rings. The van der Waals surface area contributed by atoms with Crippen molar-refractivity contribution in [2.24, 2.45) is 10.9 Å². The molecule has 0 saturated heterocycles. The summed E-state index contributed by atoms with van der Waals surface area (Å²) < 4.78 is 5.27. The van der Waals surface area contributed by atoms with Crippen molar-refractivity contribution >= 4 is 29.9 Å². The fraction of sp³-hybridized carbons (Fsp3) is 0.923. The van der Waals surface area contributed by atoms with Gasteiger partial charge < -0.3 is 15.4 Å². The molecule has 110 valence electrons. The minimum absolute atomic E-state index is 0. The Balaban J connectivity index is 0. The monoisotopic (exact) mass is 371 g/mol. The number of ether oxygens (including phenoxy) is 1. The molecule has 0 spiro atoms. The minimum Gasteiger partial charge on any atom is -0.382 e. The van der Waals surface area contributed by atoms with Crippen molar-refractivity contribution in [2.75, 3.05) is 33.4 Å². The molecule has 0 unspecified atom stereocenters. The molecule has 0 aromatic heterocycles. The van der Waals surface area contributed by atoms with Crippen molar-refractivity contribution in [1.82, 2.24) is 10.6 Å². The fourth-order valence-corrected chi connectivity index (χ4v) is 1.46. The van der Waals surface area contributed by atoms with Crippen molar-refractivity contribution in [2.45, 2.75) is 40.0 Å². The SMILES string of the molecule is CCOCCCNC(=NC)NCCCC(C)C.I. The van der Waals surface area contributed by atoms with Crippen LogP contribution in [0.4, 0.5) is 0 Å². The van der Waals surface area contributed by atoms with Crippen LogP contribution in [0.15, 0.2) is 4.99 Å². The van der Waals surface area contributed by atoms with Gasteiger partial charge in [-0.3, -0.25) is 4.99 Å². The first-order valence-electron chi connectivity index (χ1n) is 6.73. The summed E-state index contributed by atoms with van der Waals surface area (Å²) >= 11 is 0. The molecule has 0 saturated carbocycles. The van der Waals surface area contributed by atoms with Gasteiger partial charge in [-0.1, -0.05) is 13.8 Å². The molecule has 0 radical (unpaired) electrons. The Morgan fingerprint density at radius 3 is 2.28 bits per heavy atom. The second-order valence-electron chi connectivity index (χ2n) is 4.51. The molecular formula is C13H30IN3O. The number of nitrogens with zero attached hydrogens (tertiary/aromatic N) is 1. The van der Waals surface area contributed by atoms with E-state index in [0.717, 1.165) is 44.6 Å². The van der Waals surface area contributed by atoms with E-state index in [0.29, 0.717) is 0 Å². The van der Waals surface area contributed by atoms with Gasteiger partial charge in [-0.25, -0.2) is 0 Å². The van der Waals surface area contributed by atoms with Crippen LogP contribution in [0.2, 0.25) is 0 Å². The Morgan fingerprint density at radius 2 is 1.78 bits per heavy atom. The van der Waals surface area contributed by atoms with Gasteiger partial charge in [0.15, 0.2) is 5.96 Å². The van der Waals surface area contributed by atoms with E-state index < -0.39 is 0 Å². The summed E-state index contributed by atoms with van der Waals surface area (Å²) in [4.78, 5) is 4.18. The van der Waals surface area contributed by atoms with Gasteiger partial charge in [0, 0.05) is 33.4 Å².